The summed E-state index contributed by atoms with van der Waals surface area (Å²) in [6.45, 7) is 2.44. The van der Waals surface area contributed by atoms with Gasteiger partial charge in [-0.05, 0) is 6.92 Å². The number of carboxylic acids is 1. The van der Waals surface area contributed by atoms with E-state index >= 15 is 0 Å². The standard InChI is InChI=1S/C10H15N3O3S/c1-6-9(10(15)16)17-8(13-6)3-5-12-7(14)2-4-11/h2-5,11H2,1H3,(H,12,14)(H,15,16). The molecule has 0 aromatic carbocycles. The first kappa shape index (κ1) is 13.6. The number of amides is 1. The van der Waals surface area contributed by atoms with E-state index < -0.39 is 5.97 Å². The molecule has 0 aliphatic rings. The molecule has 0 bridgehead atoms. The number of nitrogens with two attached hydrogens (primary N) is 1. The van der Waals surface area contributed by atoms with Crippen LogP contribution < -0.4 is 11.1 Å². The minimum atomic E-state index is -0.960. The molecule has 0 aliphatic carbocycles. The van der Waals surface area contributed by atoms with Gasteiger partial charge >= 0.3 is 5.97 Å². The number of carbonyl (C=O) groups is 2. The zero-order valence-corrected chi connectivity index (χ0v) is 10.3. The zero-order valence-electron chi connectivity index (χ0n) is 9.52. The van der Waals surface area contributed by atoms with Crippen molar-refractivity contribution in [2.75, 3.05) is 13.1 Å². The smallest absolute Gasteiger partial charge is 0.347 e. The molecular formula is C10H15N3O3S. The molecule has 1 heterocycles. The van der Waals surface area contributed by atoms with Crippen LogP contribution in [0.5, 0.6) is 0 Å². The highest BCUT2D eigenvalue weighted by molar-refractivity contribution is 7.13. The molecule has 1 rings (SSSR count). The summed E-state index contributed by atoms with van der Waals surface area (Å²) in [6.07, 6.45) is 0.840. The lowest BCUT2D eigenvalue weighted by Crippen LogP contribution is -2.27. The molecule has 1 amide bonds. The molecule has 0 fully saturated rings. The molecule has 0 saturated heterocycles. The van der Waals surface area contributed by atoms with Crippen LogP contribution in [0.4, 0.5) is 0 Å². The molecule has 1 aromatic rings. The Morgan fingerprint density at radius 2 is 2.24 bits per heavy atom. The fraction of sp³-hybridized carbons (Fsp3) is 0.500. The molecule has 17 heavy (non-hydrogen) atoms. The van der Waals surface area contributed by atoms with Crippen LogP contribution in [0.2, 0.25) is 0 Å². The van der Waals surface area contributed by atoms with E-state index in [1.807, 2.05) is 0 Å². The van der Waals surface area contributed by atoms with Gasteiger partial charge in [0, 0.05) is 25.9 Å². The van der Waals surface area contributed by atoms with E-state index in [2.05, 4.69) is 10.3 Å². The number of carbonyl (C=O) groups excluding carboxylic acids is 1. The Hall–Kier alpha value is -1.47. The summed E-state index contributed by atoms with van der Waals surface area (Å²) in [5.74, 6) is -1.06. The average Bonchev–Trinajstić information content (AvgIpc) is 2.60. The van der Waals surface area contributed by atoms with Crippen LogP contribution in [0.1, 0.15) is 26.8 Å². The molecule has 4 N–H and O–H groups in total. The lowest BCUT2D eigenvalue weighted by molar-refractivity contribution is -0.120. The first-order chi connectivity index (χ1) is 8.04. The molecule has 94 valence electrons. The second kappa shape index (κ2) is 6.31. The van der Waals surface area contributed by atoms with Crippen molar-refractivity contribution in [3.05, 3.63) is 15.6 Å². The zero-order chi connectivity index (χ0) is 12.8. The van der Waals surface area contributed by atoms with E-state index in [4.69, 9.17) is 10.8 Å². The van der Waals surface area contributed by atoms with Crippen molar-refractivity contribution in [1.29, 1.82) is 0 Å². The highest BCUT2D eigenvalue weighted by Gasteiger charge is 2.13. The van der Waals surface area contributed by atoms with E-state index in [1.165, 1.54) is 0 Å². The summed E-state index contributed by atoms with van der Waals surface area (Å²) in [7, 11) is 0. The fourth-order valence-electron chi connectivity index (χ4n) is 1.29. The number of aryl methyl sites for hydroxylation is 1. The third-order valence-electron chi connectivity index (χ3n) is 2.07. The Bertz CT molecular complexity index is 417. The van der Waals surface area contributed by atoms with Crippen LogP contribution in [0.25, 0.3) is 0 Å². The van der Waals surface area contributed by atoms with Crippen molar-refractivity contribution in [3.8, 4) is 0 Å². The maximum absolute atomic E-state index is 11.1. The quantitative estimate of drug-likeness (QED) is 0.673. The number of thiazole rings is 1. The van der Waals surface area contributed by atoms with Crippen molar-refractivity contribution in [2.45, 2.75) is 19.8 Å². The minimum absolute atomic E-state index is 0.0979. The molecule has 0 aliphatic heterocycles. The number of nitrogens with one attached hydrogen (secondary N) is 1. The lowest BCUT2D eigenvalue weighted by Gasteiger charge is -2.01. The van der Waals surface area contributed by atoms with Gasteiger partial charge in [0.1, 0.15) is 4.88 Å². The lowest BCUT2D eigenvalue weighted by atomic mass is 10.3. The van der Waals surface area contributed by atoms with Crippen LogP contribution in [0, 0.1) is 6.92 Å². The second-order valence-electron chi connectivity index (χ2n) is 3.47. The Labute approximate surface area is 103 Å². The third-order valence-corrected chi connectivity index (χ3v) is 3.27. The number of aromatic nitrogens is 1. The largest absolute Gasteiger partial charge is 0.477 e. The van der Waals surface area contributed by atoms with Gasteiger partial charge in [0.15, 0.2) is 0 Å². The summed E-state index contributed by atoms with van der Waals surface area (Å²) >= 11 is 1.15. The predicted molar refractivity (Wildman–Crippen MR) is 64.2 cm³/mol. The first-order valence-corrected chi connectivity index (χ1v) is 6.02. The van der Waals surface area contributed by atoms with E-state index in [0.29, 0.717) is 36.6 Å². The molecule has 7 heteroatoms. The molecule has 0 atom stereocenters. The van der Waals surface area contributed by atoms with Crippen LogP contribution >= 0.6 is 11.3 Å². The Morgan fingerprint density at radius 1 is 1.53 bits per heavy atom. The van der Waals surface area contributed by atoms with Gasteiger partial charge in [-0.1, -0.05) is 0 Å². The van der Waals surface area contributed by atoms with Crippen molar-refractivity contribution in [1.82, 2.24) is 10.3 Å². The SMILES string of the molecule is Cc1nc(CCNC(=O)CCN)sc1C(=O)O. The summed E-state index contributed by atoms with van der Waals surface area (Å²) in [4.78, 5) is 26.3. The highest BCUT2D eigenvalue weighted by Crippen LogP contribution is 2.17. The van der Waals surface area contributed by atoms with Crippen LogP contribution in [0.3, 0.4) is 0 Å². The first-order valence-electron chi connectivity index (χ1n) is 5.21. The molecule has 0 saturated carbocycles. The molecule has 1 aromatic heterocycles. The Morgan fingerprint density at radius 3 is 2.76 bits per heavy atom. The van der Waals surface area contributed by atoms with Crippen LogP contribution in [-0.2, 0) is 11.2 Å². The van der Waals surface area contributed by atoms with Gasteiger partial charge in [-0.25, -0.2) is 9.78 Å². The van der Waals surface area contributed by atoms with Gasteiger partial charge < -0.3 is 16.2 Å². The normalized spacial score (nSPS) is 10.2. The van der Waals surface area contributed by atoms with Gasteiger partial charge in [0.25, 0.3) is 0 Å². The van der Waals surface area contributed by atoms with E-state index in [1.54, 1.807) is 6.92 Å². The van der Waals surface area contributed by atoms with E-state index in [0.717, 1.165) is 11.3 Å². The van der Waals surface area contributed by atoms with Gasteiger partial charge in [0.2, 0.25) is 5.91 Å². The second-order valence-corrected chi connectivity index (χ2v) is 4.55. The number of carboxylic acid groups (broad SMARTS) is 1. The summed E-state index contributed by atoms with van der Waals surface area (Å²) < 4.78 is 0. The van der Waals surface area contributed by atoms with Gasteiger partial charge in [-0.15, -0.1) is 11.3 Å². The monoisotopic (exact) mass is 257 g/mol. The predicted octanol–water partition coefficient (Wildman–Crippen LogP) is 0.157. The van der Waals surface area contributed by atoms with Crippen LogP contribution in [-0.4, -0.2) is 35.1 Å². The minimum Gasteiger partial charge on any atom is -0.477 e. The van der Waals surface area contributed by atoms with Crippen molar-refractivity contribution < 1.29 is 14.7 Å². The van der Waals surface area contributed by atoms with Gasteiger partial charge in [-0.2, -0.15) is 0 Å². The fourth-order valence-corrected chi connectivity index (χ4v) is 2.19. The van der Waals surface area contributed by atoms with E-state index in [9.17, 15) is 9.59 Å². The molecule has 6 nitrogen and oxygen atoms in total. The van der Waals surface area contributed by atoms with Gasteiger partial charge in [0.05, 0.1) is 10.7 Å². The van der Waals surface area contributed by atoms with Crippen molar-refractivity contribution in [3.63, 3.8) is 0 Å². The highest BCUT2D eigenvalue weighted by atomic mass is 32.1. The number of aromatic carboxylic acids is 1. The number of hydrogen-bond acceptors (Lipinski definition) is 5. The topological polar surface area (TPSA) is 105 Å². The molecule has 0 unspecified atom stereocenters. The molecular weight excluding hydrogens is 242 g/mol. The third kappa shape index (κ3) is 4.12. The summed E-state index contributed by atoms with van der Waals surface area (Å²) in [6, 6.07) is 0. The van der Waals surface area contributed by atoms with Crippen molar-refractivity contribution >= 4 is 23.2 Å². The van der Waals surface area contributed by atoms with Gasteiger partial charge in [-0.3, -0.25) is 4.79 Å². The molecule has 0 radical (unpaired) electrons. The van der Waals surface area contributed by atoms with Crippen molar-refractivity contribution in [2.24, 2.45) is 5.73 Å². The van der Waals surface area contributed by atoms with Crippen LogP contribution in [0.15, 0.2) is 0 Å². The Kier molecular flexibility index (Phi) is 5.05. The number of nitrogens with zero attached hydrogens (tertiary/aromatic N) is 1. The Balaban J connectivity index is 2.45. The number of hydrogen-bond donors (Lipinski definition) is 3. The number of rotatable bonds is 6. The average molecular weight is 257 g/mol. The maximum atomic E-state index is 11.1. The van der Waals surface area contributed by atoms with E-state index in [-0.39, 0.29) is 10.8 Å². The molecule has 0 spiro atoms. The summed E-state index contributed by atoms with van der Waals surface area (Å²) in [5.41, 5.74) is 5.75. The summed E-state index contributed by atoms with van der Waals surface area (Å²) in [5, 5.41) is 12.3. The maximum Gasteiger partial charge on any atom is 0.347 e.